The molecule has 0 spiro atoms. The lowest BCUT2D eigenvalue weighted by atomic mass is 9.90. The van der Waals surface area contributed by atoms with Crippen molar-refractivity contribution in [2.24, 2.45) is 13.0 Å². The first-order valence-electron chi connectivity index (χ1n) is 8.77. The van der Waals surface area contributed by atoms with Crippen molar-refractivity contribution in [3.8, 4) is 0 Å². The van der Waals surface area contributed by atoms with Crippen molar-refractivity contribution >= 4 is 16.9 Å². The van der Waals surface area contributed by atoms with Crippen molar-refractivity contribution in [1.29, 1.82) is 0 Å². The summed E-state index contributed by atoms with van der Waals surface area (Å²) in [6.07, 6.45) is 4.94. The lowest BCUT2D eigenvalue weighted by molar-refractivity contribution is 0.0824. The number of benzene rings is 1. The molecule has 0 amide bonds. The summed E-state index contributed by atoms with van der Waals surface area (Å²) in [6, 6.07) is 7.98. The zero-order valence-corrected chi connectivity index (χ0v) is 14.6. The zero-order valence-electron chi connectivity index (χ0n) is 14.6. The van der Waals surface area contributed by atoms with Gasteiger partial charge in [0, 0.05) is 32.5 Å². The third kappa shape index (κ3) is 2.98. The van der Waals surface area contributed by atoms with Gasteiger partial charge in [-0.15, -0.1) is 0 Å². The molecular formula is C19H23N5O. The second-order valence-corrected chi connectivity index (χ2v) is 6.79. The van der Waals surface area contributed by atoms with Gasteiger partial charge in [0.1, 0.15) is 11.9 Å². The number of aryl methyl sites for hydroxylation is 2. The maximum Gasteiger partial charge on any atom is 0.150 e. The average molecular weight is 337 g/mol. The first-order chi connectivity index (χ1) is 12.1. The fourth-order valence-electron chi connectivity index (χ4n) is 3.68. The molecule has 0 aliphatic carbocycles. The van der Waals surface area contributed by atoms with E-state index in [1.54, 1.807) is 6.20 Å². The summed E-state index contributed by atoms with van der Waals surface area (Å²) < 4.78 is 1.90. The Morgan fingerprint density at radius 3 is 2.44 bits per heavy atom. The van der Waals surface area contributed by atoms with Crippen LogP contribution in [0.15, 0.2) is 36.7 Å². The summed E-state index contributed by atoms with van der Waals surface area (Å²) >= 11 is 0. The molecule has 1 N–H and O–H groups in total. The van der Waals surface area contributed by atoms with Crippen LogP contribution in [0.5, 0.6) is 0 Å². The Morgan fingerprint density at radius 2 is 1.80 bits per heavy atom. The molecule has 1 aliphatic heterocycles. The van der Waals surface area contributed by atoms with Gasteiger partial charge < -0.3 is 14.6 Å². The van der Waals surface area contributed by atoms with E-state index in [4.69, 9.17) is 9.97 Å². The quantitative estimate of drug-likeness (QED) is 0.796. The van der Waals surface area contributed by atoms with Gasteiger partial charge in [-0.1, -0.05) is 12.1 Å². The van der Waals surface area contributed by atoms with Crippen LogP contribution in [0.25, 0.3) is 11.0 Å². The molecule has 1 saturated heterocycles. The number of nitrogens with zero attached hydrogens (tertiary/aromatic N) is 5. The molecule has 4 rings (SSSR count). The van der Waals surface area contributed by atoms with Crippen molar-refractivity contribution in [2.75, 3.05) is 18.0 Å². The Bertz CT molecular complexity index is 882. The van der Waals surface area contributed by atoms with Gasteiger partial charge in [0.05, 0.1) is 16.7 Å². The Morgan fingerprint density at radius 1 is 1.12 bits per heavy atom. The van der Waals surface area contributed by atoms with Gasteiger partial charge in [-0.2, -0.15) is 0 Å². The number of rotatable bonds is 3. The van der Waals surface area contributed by atoms with Crippen LogP contribution in [0.1, 0.15) is 30.5 Å². The number of imidazole rings is 1. The topological polar surface area (TPSA) is 67.1 Å². The Hall–Kier alpha value is -2.47. The van der Waals surface area contributed by atoms with Crippen molar-refractivity contribution in [1.82, 2.24) is 19.5 Å². The van der Waals surface area contributed by atoms with Gasteiger partial charge in [0.2, 0.25) is 0 Å². The van der Waals surface area contributed by atoms with Crippen LogP contribution in [0.2, 0.25) is 0 Å². The lowest BCUT2D eigenvalue weighted by Gasteiger charge is -2.35. The molecular weight excluding hydrogens is 314 g/mol. The van der Waals surface area contributed by atoms with E-state index in [2.05, 4.69) is 9.88 Å². The van der Waals surface area contributed by atoms with Crippen molar-refractivity contribution < 1.29 is 5.11 Å². The molecule has 3 heterocycles. The summed E-state index contributed by atoms with van der Waals surface area (Å²) in [5.74, 6) is 1.94. The molecule has 25 heavy (non-hydrogen) atoms. The maximum atomic E-state index is 10.6. The highest BCUT2D eigenvalue weighted by Gasteiger charge is 2.29. The minimum atomic E-state index is -0.508. The van der Waals surface area contributed by atoms with E-state index in [0.717, 1.165) is 54.3 Å². The normalized spacial score (nSPS) is 17.2. The fraction of sp³-hybridized carbons (Fsp3) is 0.421. The summed E-state index contributed by atoms with van der Waals surface area (Å²) in [5.41, 5.74) is 2.82. The zero-order chi connectivity index (χ0) is 17.4. The number of aliphatic hydroxyl groups is 1. The molecule has 3 aromatic rings. The Balaban J connectivity index is 1.50. The molecule has 0 bridgehead atoms. The number of aromatic nitrogens is 4. The number of aliphatic hydroxyl groups excluding tert-OH is 1. The van der Waals surface area contributed by atoms with Gasteiger partial charge in [0.25, 0.3) is 0 Å². The van der Waals surface area contributed by atoms with Crippen LogP contribution in [0.3, 0.4) is 0 Å². The molecule has 130 valence electrons. The highest BCUT2D eigenvalue weighted by Crippen LogP contribution is 2.32. The standard InChI is InChI=1S/C19H23N5O/c1-13-18(22-16-6-4-3-5-15(16)21-13)24-10-7-14(8-11-24)17(25)19-20-9-12-23(19)2/h3-6,9,12,14,17,25H,7-8,10-11H2,1-2H3. The van der Waals surface area contributed by atoms with E-state index in [1.165, 1.54) is 0 Å². The maximum absolute atomic E-state index is 10.6. The van der Waals surface area contributed by atoms with Crippen LogP contribution in [0, 0.1) is 12.8 Å². The van der Waals surface area contributed by atoms with Gasteiger partial charge in [-0.05, 0) is 37.8 Å². The van der Waals surface area contributed by atoms with Crippen molar-refractivity contribution in [2.45, 2.75) is 25.9 Å². The van der Waals surface area contributed by atoms with E-state index >= 15 is 0 Å². The third-order valence-electron chi connectivity index (χ3n) is 5.13. The van der Waals surface area contributed by atoms with E-state index in [1.807, 2.05) is 49.0 Å². The number of fused-ring (bicyclic) bond motifs is 1. The number of anilines is 1. The molecule has 2 aromatic heterocycles. The van der Waals surface area contributed by atoms with Crippen LogP contribution in [0.4, 0.5) is 5.82 Å². The first-order valence-corrected chi connectivity index (χ1v) is 8.77. The first kappa shape index (κ1) is 16.0. The molecule has 1 unspecified atom stereocenters. The van der Waals surface area contributed by atoms with Crippen molar-refractivity contribution in [3.05, 3.63) is 48.2 Å². The molecule has 1 atom stereocenters. The number of para-hydroxylation sites is 2. The molecule has 1 aliphatic rings. The van der Waals surface area contributed by atoms with Crippen LogP contribution < -0.4 is 4.90 Å². The highest BCUT2D eigenvalue weighted by atomic mass is 16.3. The van der Waals surface area contributed by atoms with E-state index in [-0.39, 0.29) is 5.92 Å². The molecule has 0 saturated carbocycles. The van der Waals surface area contributed by atoms with Crippen molar-refractivity contribution in [3.63, 3.8) is 0 Å². The summed E-state index contributed by atoms with van der Waals surface area (Å²) in [5, 5.41) is 10.6. The smallest absolute Gasteiger partial charge is 0.150 e. The van der Waals surface area contributed by atoms with Crippen LogP contribution in [-0.2, 0) is 7.05 Å². The van der Waals surface area contributed by atoms with Gasteiger partial charge >= 0.3 is 0 Å². The minimum Gasteiger partial charge on any atom is -0.385 e. The SMILES string of the molecule is Cc1nc2ccccc2nc1N1CCC(C(O)c2nccn2C)CC1. The van der Waals surface area contributed by atoms with Crippen LogP contribution >= 0.6 is 0 Å². The fourth-order valence-corrected chi connectivity index (χ4v) is 3.68. The second-order valence-electron chi connectivity index (χ2n) is 6.79. The molecule has 1 fully saturated rings. The van der Waals surface area contributed by atoms with Gasteiger partial charge in [0.15, 0.2) is 5.82 Å². The Labute approximate surface area is 147 Å². The predicted molar refractivity (Wildman–Crippen MR) is 97.4 cm³/mol. The van der Waals surface area contributed by atoms with E-state index < -0.39 is 6.10 Å². The second kappa shape index (κ2) is 6.44. The predicted octanol–water partition coefficient (Wildman–Crippen LogP) is 2.62. The number of piperidine rings is 1. The van der Waals surface area contributed by atoms with Gasteiger partial charge in [-0.25, -0.2) is 15.0 Å². The number of hydrogen-bond donors (Lipinski definition) is 1. The monoisotopic (exact) mass is 337 g/mol. The van der Waals surface area contributed by atoms with E-state index in [0.29, 0.717) is 0 Å². The summed E-state index contributed by atoms with van der Waals surface area (Å²) in [4.78, 5) is 16.1. The molecule has 6 heteroatoms. The van der Waals surface area contributed by atoms with E-state index in [9.17, 15) is 5.11 Å². The molecule has 6 nitrogen and oxygen atoms in total. The minimum absolute atomic E-state index is 0.228. The summed E-state index contributed by atoms with van der Waals surface area (Å²) in [7, 11) is 1.93. The lowest BCUT2D eigenvalue weighted by Crippen LogP contribution is -2.37. The largest absolute Gasteiger partial charge is 0.385 e. The molecule has 0 radical (unpaired) electrons. The molecule has 1 aromatic carbocycles. The van der Waals surface area contributed by atoms with Crippen LogP contribution in [-0.4, -0.2) is 37.7 Å². The average Bonchev–Trinajstić information content (AvgIpc) is 3.06. The number of hydrogen-bond acceptors (Lipinski definition) is 5. The Kier molecular flexibility index (Phi) is 4.13. The highest BCUT2D eigenvalue weighted by molar-refractivity contribution is 5.76. The van der Waals surface area contributed by atoms with Gasteiger partial charge in [-0.3, -0.25) is 0 Å². The third-order valence-corrected chi connectivity index (χ3v) is 5.13. The summed E-state index contributed by atoms with van der Waals surface area (Å²) in [6.45, 7) is 3.77.